The summed E-state index contributed by atoms with van der Waals surface area (Å²) in [6, 6.07) is 7.11. The molecule has 0 unspecified atom stereocenters. The number of ether oxygens (including phenoxy) is 1. The van der Waals surface area contributed by atoms with E-state index in [0.717, 1.165) is 26.2 Å². The van der Waals surface area contributed by atoms with Crippen LogP contribution in [-0.2, 0) is 4.79 Å². The normalized spacial score (nSPS) is 10.2. The van der Waals surface area contributed by atoms with Crippen LogP contribution < -0.4 is 10.1 Å². The van der Waals surface area contributed by atoms with E-state index in [-0.39, 0.29) is 17.4 Å². The summed E-state index contributed by atoms with van der Waals surface area (Å²) < 4.78 is 6.36. The molecule has 1 amide bonds. The molecule has 0 aliphatic heterocycles. The molecular weight excluding hydrogens is 405 g/mol. The summed E-state index contributed by atoms with van der Waals surface area (Å²) in [6.45, 7) is 1.75. The number of hydrogen-bond donors (Lipinski definition) is 2. The maximum Gasteiger partial charge on any atom is 0.346 e. The van der Waals surface area contributed by atoms with Gasteiger partial charge >= 0.3 is 5.97 Å². The first-order chi connectivity index (χ1) is 9.95. The molecule has 0 bridgehead atoms. The first kappa shape index (κ1) is 15.8. The highest BCUT2D eigenvalue weighted by Gasteiger charge is 2.10. The second-order valence-electron chi connectivity index (χ2n) is 4.25. The molecule has 2 rings (SSSR count). The minimum atomic E-state index is -1.01. The summed E-state index contributed by atoms with van der Waals surface area (Å²) in [7, 11) is 0. The van der Waals surface area contributed by atoms with E-state index in [1.165, 1.54) is 6.07 Å². The fourth-order valence-electron chi connectivity index (χ4n) is 1.61. The van der Waals surface area contributed by atoms with Gasteiger partial charge < -0.3 is 15.2 Å². The summed E-state index contributed by atoms with van der Waals surface area (Å²) in [5.74, 6) is -0.914. The molecule has 0 aliphatic rings. The van der Waals surface area contributed by atoms with E-state index in [4.69, 9.17) is 9.84 Å². The molecule has 0 saturated carbocycles. The van der Waals surface area contributed by atoms with E-state index < -0.39 is 5.97 Å². The van der Waals surface area contributed by atoms with Crippen LogP contribution in [0.1, 0.15) is 15.2 Å². The Balaban J connectivity index is 1.91. The van der Waals surface area contributed by atoms with Crippen molar-refractivity contribution in [3.05, 3.63) is 43.7 Å². The van der Waals surface area contributed by atoms with Gasteiger partial charge in [-0.2, -0.15) is 0 Å². The van der Waals surface area contributed by atoms with Gasteiger partial charge in [-0.3, -0.25) is 4.79 Å². The summed E-state index contributed by atoms with van der Waals surface area (Å²) >= 11 is 3.26. The first-order valence-electron chi connectivity index (χ1n) is 5.96. The van der Waals surface area contributed by atoms with Gasteiger partial charge in [-0.25, -0.2) is 4.79 Å². The average Bonchev–Trinajstić information content (AvgIpc) is 2.89. The number of aromatic carboxylic acids is 1. The van der Waals surface area contributed by atoms with Gasteiger partial charge in [-0.05, 0) is 53.3 Å². The minimum Gasteiger partial charge on any atom is -0.483 e. The monoisotopic (exact) mass is 417 g/mol. The molecule has 0 aliphatic carbocycles. The fourth-order valence-corrected chi connectivity index (χ4v) is 2.92. The zero-order valence-electron chi connectivity index (χ0n) is 11.1. The number of nitrogens with one attached hydrogen (secondary N) is 1. The second-order valence-corrected chi connectivity index (χ2v) is 6.40. The van der Waals surface area contributed by atoms with Crippen molar-refractivity contribution in [1.29, 1.82) is 0 Å². The zero-order chi connectivity index (χ0) is 15.4. The Morgan fingerprint density at radius 1 is 1.38 bits per heavy atom. The van der Waals surface area contributed by atoms with Crippen LogP contribution in [0, 0.1) is 10.5 Å². The Bertz CT molecular complexity index is 683. The van der Waals surface area contributed by atoms with Crippen LogP contribution in [0.3, 0.4) is 0 Å². The third-order valence-corrected chi connectivity index (χ3v) is 4.19. The molecule has 0 radical (unpaired) electrons. The van der Waals surface area contributed by atoms with Crippen molar-refractivity contribution in [2.45, 2.75) is 6.92 Å². The molecular formula is C14H12INO4S. The highest BCUT2D eigenvalue weighted by Crippen LogP contribution is 2.22. The molecule has 110 valence electrons. The highest BCUT2D eigenvalue weighted by atomic mass is 127. The number of halogens is 1. The lowest BCUT2D eigenvalue weighted by Gasteiger charge is -2.09. The lowest BCUT2D eigenvalue weighted by molar-refractivity contribution is -0.118. The third kappa shape index (κ3) is 4.43. The van der Waals surface area contributed by atoms with Gasteiger partial charge in [0.15, 0.2) is 6.61 Å². The van der Waals surface area contributed by atoms with Gasteiger partial charge in [-0.15, -0.1) is 11.3 Å². The fraction of sp³-hybridized carbons (Fsp3) is 0.143. The van der Waals surface area contributed by atoms with Crippen molar-refractivity contribution in [3.63, 3.8) is 0 Å². The lowest BCUT2D eigenvalue weighted by Crippen LogP contribution is -2.20. The SMILES string of the molecule is Cc1cc(I)ccc1NC(=O)COc1csc(C(=O)O)c1. The Labute approximate surface area is 139 Å². The summed E-state index contributed by atoms with van der Waals surface area (Å²) in [5, 5.41) is 13.1. The molecule has 2 N–H and O–H groups in total. The first-order valence-corrected chi connectivity index (χ1v) is 7.92. The number of aryl methyl sites for hydroxylation is 1. The van der Waals surface area contributed by atoms with Gasteiger partial charge in [0.25, 0.3) is 5.91 Å². The number of carbonyl (C=O) groups is 2. The average molecular weight is 417 g/mol. The lowest BCUT2D eigenvalue weighted by atomic mass is 10.2. The van der Waals surface area contributed by atoms with Crippen molar-refractivity contribution >= 4 is 51.5 Å². The van der Waals surface area contributed by atoms with E-state index >= 15 is 0 Å². The molecule has 1 aromatic carbocycles. The van der Waals surface area contributed by atoms with E-state index in [2.05, 4.69) is 27.9 Å². The number of carboxylic acid groups (broad SMARTS) is 1. The predicted molar refractivity (Wildman–Crippen MR) is 89.3 cm³/mol. The van der Waals surface area contributed by atoms with E-state index in [0.29, 0.717) is 5.75 Å². The van der Waals surface area contributed by atoms with Crippen molar-refractivity contribution in [2.24, 2.45) is 0 Å². The molecule has 7 heteroatoms. The number of carboxylic acids is 1. The van der Waals surface area contributed by atoms with Crippen LogP contribution in [0.25, 0.3) is 0 Å². The number of amides is 1. The Morgan fingerprint density at radius 3 is 2.76 bits per heavy atom. The number of thiophene rings is 1. The molecule has 5 nitrogen and oxygen atoms in total. The van der Waals surface area contributed by atoms with E-state index in [9.17, 15) is 9.59 Å². The largest absolute Gasteiger partial charge is 0.483 e. The maximum atomic E-state index is 11.8. The number of benzene rings is 1. The van der Waals surface area contributed by atoms with Gasteiger partial charge in [0, 0.05) is 20.7 Å². The molecule has 1 aromatic heterocycles. The molecule has 21 heavy (non-hydrogen) atoms. The van der Waals surface area contributed by atoms with Gasteiger partial charge in [0.1, 0.15) is 10.6 Å². The van der Waals surface area contributed by atoms with Crippen molar-refractivity contribution < 1.29 is 19.4 Å². The van der Waals surface area contributed by atoms with Crippen LogP contribution in [-0.4, -0.2) is 23.6 Å². The second kappa shape index (κ2) is 6.90. The predicted octanol–water partition coefficient (Wildman–Crippen LogP) is 3.38. The van der Waals surface area contributed by atoms with Gasteiger partial charge in [-0.1, -0.05) is 0 Å². The van der Waals surface area contributed by atoms with Crippen LogP contribution in [0.4, 0.5) is 5.69 Å². The minimum absolute atomic E-state index is 0.165. The third-order valence-electron chi connectivity index (χ3n) is 2.62. The molecule has 0 spiro atoms. The molecule has 0 saturated heterocycles. The number of carbonyl (C=O) groups excluding carboxylic acids is 1. The van der Waals surface area contributed by atoms with Crippen LogP contribution >= 0.6 is 33.9 Å². The molecule has 2 aromatic rings. The van der Waals surface area contributed by atoms with Crippen LogP contribution in [0.5, 0.6) is 5.75 Å². The molecule has 1 heterocycles. The van der Waals surface area contributed by atoms with Crippen molar-refractivity contribution in [2.75, 3.05) is 11.9 Å². The summed E-state index contributed by atoms with van der Waals surface area (Å²) in [6.07, 6.45) is 0. The summed E-state index contributed by atoms with van der Waals surface area (Å²) in [5.41, 5.74) is 1.71. The van der Waals surface area contributed by atoms with E-state index in [1.54, 1.807) is 5.38 Å². The standard InChI is InChI=1S/C14H12INO4S/c1-8-4-9(15)2-3-11(8)16-13(17)6-20-10-5-12(14(18)19)21-7-10/h2-5,7H,6H2,1H3,(H,16,17)(H,18,19). The van der Waals surface area contributed by atoms with Crippen molar-refractivity contribution in [3.8, 4) is 5.75 Å². The Kier molecular flexibility index (Phi) is 5.18. The number of hydrogen-bond acceptors (Lipinski definition) is 4. The highest BCUT2D eigenvalue weighted by molar-refractivity contribution is 14.1. The van der Waals surface area contributed by atoms with Crippen LogP contribution in [0.15, 0.2) is 29.6 Å². The Morgan fingerprint density at radius 2 is 2.14 bits per heavy atom. The molecule has 0 fully saturated rings. The van der Waals surface area contributed by atoms with Gasteiger partial charge in [0.2, 0.25) is 0 Å². The molecule has 0 atom stereocenters. The number of rotatable bonds is 5. The number of anilines is 1. The van der Waals surface area contributed by atoms with Gasteiger partial charge in [0.05, 0.1) is 0 Å². The zero-order valence-corrected chi connectivity index (χ0v) is 14.0. The smallest absolute Gasteiger partial charge is 0.346 e. The van der Waals surface area contributed by atoms with Crippen LogP contribution in [0.2, 0.25) is 0 Å². The van der Waals surface area contributed by atoms with E-state index in [1.807, 2.05) is 25.1 Å². The quantitative estimate of drug-likeness (QED) is 0.732. The summed E-state index contributed by atoms with van der Waals surface area (Å²) in [4.78, 5) is 22.7. The topological polar surface area (TPSA) is 75.6 Å². The maximum absolute atomic E-state index is 11.8. The van der Waals surface area contributed by atoms with Crippen molar-refractivity contribution in [1.82, 2.24) is 0 Å². The Hall–Kier alpha value is -1.61.